The maximum atomic E-state index is 12.6. The molecule has 0 bridgehead atoms. The van der Waals surface area contributed by atoms with Crippen LogP contribution in [0.15, 0.2) is 10.9 Å². The maximum Gasteiger partial charge on any atom is 0.267 e. The van der Waals surface area contributed by atoms with Gasteiger partial charge in [0.15, 0.2) is 0 Å². The van der Waals surface area contributed by atoms with Crippen molar-refractivity contribution in [2.75, 3.05) is 26.7 Å². The molecule has 1 aliphatic carbocycles. The number of likely N-dealkylation sites (tertiary alicyclic amines) is 2. The molecule has 0 radical (unpaired) electrons. The van der Waals surface area contributed by atoms with E-state index in [0.29, 0.717) is 5.92 Å². The number of fused-ring (bicyclic) bond motifs is 1. The van der Waals surface area contributed by atoms with Crippen LogP contribution < -0.4 is 5.56 Å². The summed E-state index contributed by atoms with van der Waals surface area (Å²) in [7, 11) is 1.93. The molecule has 1 aromatic heterocycles. The monoisotopic (exact) mass is 358 g/mol. The first-order valence-corrected chi connectivity index (χ1v) is 10.2. The van der Waals surface area contributed by atoms with Crippen LogP contribution in [0.25, 0.3) is 0 Å². The first-order valence-electron chi connectivity index (χ1n) is 10.2. The molecule has 1 atom stereocenters. The topological polar surface area (TPSA) is 58.4 Å². The van der Waals surface area contributed by atoms with E-state index in [1.165, 1.54) is 0 Å². The summed E-state index contributed by atoms with van der Waals surface area (Å²) < 4.78 is 1.69. The highest BCUT2D eigenvalue weighted by atomic mass is 16.2. The van der Waals surface area contributed by atoms with Gasteiger partial charge in [-0.1, -0.05) is 0 Å². The molecule has 1 amide bonds. The Morgan fingerprint density at radius 1 is 1.04 bits per heavy atom. The predicted octanol–water partition coefficient (Wildman–Crippen LogP) is 1.45. The van der Waals surface area contributed by atoms with Crippen molar-refractivity contribution in [1.82, 2.24) is 19.6 Å². The highest BCUT2D eigenvalue weighted by Crippen LogP contribution is 2.25. The molecule has 1 aromatic rings. The third kappa shape index (κ3) is 3.56. The summed E-state index contributed by atoms with van der Waals surface area (Å²) in [5.74, 6) is 0.770. The van der Waals surface area contributed by atoms with Crippen LogP contribution in [-0.4, -0.2) is 58.2 Å². The lowest BCUT2D eigenvalue weighted by Crippen LogP contribution is -2.49. The van der Waals surface area contributed by atoms with Crippen molar-refractivity contribution < 1.29 is 4.79 Å². The van der Waals surface area contributed by atoms with E-state index in [2.05, 4.69) is 10.00 Å². The van der Waals surface area contributed by atoms with Gasteiger partial charge in [-0.05, 0) is 75.9 Å². The Bertz CT molecular complexity index is 721. The molecule has 0 saturated carbocycles. The van der Waals surface area contributed by atoms with Crippen LogP contribution in [0.5, 0.6) is 0 Å². The molecular weight excluding hydrogens is 328 g/mol. The first-order chi connectivity index (χ1) is 12.6. The number of likely N-dealkylation sites (N-methyl/N-ethyl adjacent to an activating group) is 1. The Balaban J connectivity index is 1.37. The third-order valence-electron chi connectivity index (χ3n) is 6.43. The standard InChI is InChI=1S/C20H30N4O2/c1-22-10-3-2-7-18(20(22)26)23-11-8-15(9-12-23)14-24-19(25)13-16-5-4-6-17(16)21-24/h13,15,18H,2-12,14H2,1H3. The number of hydrogen-bond donors (Lipinski definition) is 0. The molecule has 0 N–H and O–H groups in total. The number of carbonyl (C=O) groups is 1. The van der Waals surface area contributed by atoms with Crippen molar-refractivity contribution in [3.63, 3.8) is 0 Å². The quantitative estimate of drug-likeness (QED) is 0.821. The Morgan fingerprint density at radius 2 is 1.85 bits per heavy atom. The lowest BCUT2D eigenvalue weighted by Gasteiger charge is -2.37. The Morgan fingerprint density at radius 3 is 2.65 bits per heavy atom. The van der Waals surface area contributed by atoms with Crippen LogP contribution in [0.3, 0.4) is 0 Å². The number of piperidine rings is 1. The minimum atomic E-state index is 0.0497. The van der Waals surface area contributed by atoms with Gasteiger partial charge in [0.05, 0.1) is 11.7 Å². The summed E-state index contributed by atoms with van der Waals surface area (Å²) in [5, 5.41) is 4.62. The summed E-state index contributed by atoms with van der Waals surface area (Å²) in [6.07, 6.45) is 8.44. The zero-order chi connectivity index (χ0) is 18.1. The van der Waals surface area contributed by atoms with Gasteiger partial charge < -0.3 is 4.90 Å². The lowest BCUT2D eigenvalue weighted by atomic mass is 9.94. The van der Waals surface area contributed by atoms with Crippen LogP contribution in [0.2, 0.25) is 0 Å². The van der Waals surface area contributed by atoms with Gasteiger partial charge in [0.25, 0.3) is 5.56 Å². The molecule has 6 heteroatoms. The van der Waals surface area contributed by atoms with E-state index in [9.17, 15) is 9.59 Å². The van der Waals surface area contributed by atoms with Gasteiger partial charge in [-0.25, -0.2) is 4.68 Å². The van der Waals surface area contributed by atoms with Crippen molar-refractivity contribution in [3.05, 3.63) is 27.7 Å². The summed E-state index contributed by atoms with van der Waals surface area (Å²) >= 11 is 0. The summed E-state index contributed by atoms with van der Waals surface area (Å²) in [4.78, 5) is 29.2. The smallest absolute Gasteiger partial charge is 0.267 e. The van der Waals surface area contributed by atoms with Gasteiger partial charge in [0.1, 0.15) is 0 Å². The minimum absolute atomic E-state index is 0.0497. The van der Waals surface area contributed by atoms with Gasteiger partial charge in [-0.15, -0.1) is 0 Å². The van der Waals surface area contributed by atoms with E-state index in [4.69, 9.17) is 0 Å². The van der Waals surface area contributed by atoms with Crippen molar-refractivity contribution in [1.29, 1.82) is 0 Å². The Labute approximate surface area is 155 Å². The van der Waals surface area contributed by atoms with Crippen molar-refractivity contribution in [2.45, 2.75) is 64.0 Å². The van der Waals surface area contributed by atoms with Crippen LogP contribution in [0, 0.1) is 5.92 Å². The highest BCUT2D eigenvalue weighted by molar-refractivity contribution is 5.81. The fourth-order valence-corrected chi connectivity index (χ4v) is 4.78. The van der Waals surface area contributed by atoms with Gasteiger partial charge in [0.2, 0.25) is 5.91 Å². The third-order valence-corrected chi connectivity index (χ3v) is 6.43. The molecule has 2 saturated heterocycles. The van der Waals surface area contributed by atoms with Gasteiger partial charge in [-0.3, -0.25) is 14.5 Å². The SMILES string of the molecule is CN1CCCCC(N2CCC(Cn3nc4c(cc3=O)CCC4)CC2)C1=O. The number of amides is 1. The second-order valence-electron chi connectivity index (χ2n) is 8.24. The normalized spacial score (nSPS) is 25.3. The van der Waals surface area contributed by atoms with E-state index in [0.717, 1.165) is 88.8 Å². The molecule has 6 nitrogen and oxygen atoms in total. The number of aromatic nitrogens is 2. The maximum absolute atomic E-state index is 12.6. The molecule has 1 unspecified atom stereocenters. The summed E-state index contributed by atoms with van der Waals surface area (Å²) in [6, 6.07) is 1.86. The van der Waals surface area contributed by atoms with Crippen molar-refractivity contribution in [2.24, 2.45) is 5.92 Å². The molecule has 2 aliphatic heterocycles. The second-order valence-corrected chi connectivity index (χ2v) is 8.24. The molecule has 3 aliphatic rings. The van der Waals surface area contributed by atoms with Gasteiger partial charge >= 0.3 is 0 Å². The van der Waals surface area contributed by atoms with E-state index in [1.807, 2.05) is 11.9 Å². The van der Waals surface area contributed by atoms with Crippen LogP contribution in [-0.2, 0) is 24.2 Å². The number of rotatable bonds is 3. The number of hydrogen-bond acceptors (Lipinski definition) is 4. The first kappa shape index (κ1) is 17.7. The largest absolute Gasteiger partial charge is 0.344 e. The number of carbonyl (C=O) groups excluding carboxylic acids is 1. The van der Waals surface area contributed by atoms with Crippen molar-refractivity contribution in [3.8, 4) is 0 Å². The zero-order valence-corrected chi connectivity index (χ0v) is 15.8. The van der Waals surface area contributed by atoms with Crippen molar-refractivity contribution >= 4 is 5.91 Å². The lowest BCUT2D eigenvalue weighted by molar-refractivity contribution is -0.135. The van der Waals surface area contributed by atoms with E-state index in [1.54, 1.807) is 10.7 Å². The average molecular weight is 358 g/mol. The van der Waals surface area contributed by atoms with E-state index < -0.39 is 0 Å². The highest BCUT2D eigenvalue weighted by Gasteiger charge is 2.32. The Kier molecular flexibility index (Phi) is 5.11. The molecular formula is C20H30N4O2. The van der Waals surface area contributed by atoms with E-state index >= 15 is 0 Å². The molecule has 0 spiro atoms. The van der Waals surface area contributed by atoms with E-state index in [-0.39, 0.29) is 17.5 Å². The predicted molar refractivity (Wildman–Crippen MR) is 100 cm³/mol. The minimum Gasteiger partial charge on any atom is -0.344 e. The summed E-state index contributed by atoms with van der Waals surface area (Å²) in [6.45, 7) is 3.51. The Hall–Kier alpha value is -1.69. The summed E-state index contributed by atoms with van der Waals surface area (Å²) in [5.41, 5.74) is 2.32. The molecule has 0 aromatic carbocycles. The van der Waals surface area contributed by atoms with Crippen LogP contribution >= 0.6 is 0 Å². The molecule has 3 heterocycles. The molecule has 142 valence electrons. The van der Waals surface area contributed by atoms with Crippen LogP contribution in [0.4, 0.5) is 0 Å². The fourth-order valence-electron chi connectivity index (χ4n) is 4.78. The van der Waals surface area contributed by atoms with Gasteiger partial charge in [0, 0.05) is 26.2 Å². The van der Waals surface area contributed by atoms with Gasteiger partial charge in [-0.2, -0.15) is 5.10 Å². The molecule has 4 rings (SSSR count). The molecule has 2 fully saturated rings. The molecule has 26 heavy (non-hydrogen) atoms. The fraction of sp³-hybridized carbons (Fsp3) is 0.750. The zero-order valence-electron chi connectivity index (χ0n) is 15.8. The second kappa shape index (κ2) is 7.51. The van der Waals surface area contributed by atoms with Crippen LogP contribution in [0.1, 0.15) is 49.8 Å². The average Bonchev–Trinajstić information content (AvgIpc) is 3.02. The number of nitrogens with zero attached hydrogens (tertiary/aromatic N) is 4. The number of aryl methyl sites for hydroxylation is 2.